The smallest absolute Gasteiger partial charge is 0.219 e. The van der Waals surface area contributed by atoms with E-state index in [9.17, 15) is 19.8 Å². The number of phenols is 2. The molecule has 2 aromatic rings. The highest BCUT2D eigenvalue weighted by Gasteiger charge is 2.27. The quantitative estimate of drug-likeness (QED) is 0.124. The van der Waals surface area contributed by atoms with Crippen molar-refractivity contribution in [3.8, 4) is 11.5 Å². The molecule has 0 radical (unpaired) electrons. The number of carbonyl (C=O) groups is 2. The van der Waals surface area contributed by atoms with Gasteiger partial charge in [-0.15, -0.1) is 0 Å². The van der Waals surface area contributed by atoms with E-state index >= 15 is 0 Å². The Morgan fingerprint density at radius 2 is 0.740 bits per heavy atom. The summed E-state index contributed by atoms with van der Waals surface area (Å²) >= 11 is 0. The van der Waals surface area contributed by atoms with Crippen LogP contribution >= 0.6 is 0 Å². The second-order valence-corrected chi connectivity index (χ2v) is 18.6. The Balaban J connectivity index is 1.59. The van der Waals surface area contributed by atoms with Gasteiger partial charge in [-0.25, -0.2) is 0 Å². The molecule has 282 valence electrons. The largest absolute Gasteiger partial charge is 0.507 e. The standard InChI is InChI=1S/C44H72N2O4/c1-41(2,3)33-27-31(28-34(39(33)49)42(4,5)6)21-15-17-23-37(47)45-25-19-13-14-20-26-46-38(48)24-18-16-22-32-29-35(43(7,8)9)40(50)36(30-32)44(10,11)12/h27-30,49-50H,13-26H2,1-12H3,(H,45,47)(H,46,48). The number of benzene rings is 2. The van der Waals surface area contributed by atoms with Crippen molar-refractivity contribution in [1.82, 2.24) is 10.6 Å². The molecule has 0 aliphatic heterocycles. The zero-order valence-electron chi connectivity index (χ0n) is 33.9. The van der Waals surface area contributed by atoms with E-state index in [1.165, 1.54) is 11.1 Å². The van der Waals surface area contributed by atoms with Crippen LogP contribution in [0.5, 0.6) is 11.5 Å². The number of phenolic OH excluding ortho intramolecular Hbond substituents is 2. The summed E-state index contributed by atoms with van der Waals surface area (Å²) in [7, 11) is 0. The zero-order chi connectivity index (χ0) is 37.9. The van der Waals surface area contributed by atoms with Crippen molar-refractivity contribution in [1.29, 1.82) is 0 Å². The predicted octanol–water partition coefficient (Wildman–Crippen LogP) is 10.2. The number of unbranched alkanes of at least 4 members (excludes halogenated alkanes) is 5. The first-order chi connectivity index (χ1) is 23.0. The molecule has 2 aromatic carbocycles. The van der Waals surface area contributed by atoms with Gasteiger partial charge >= 0.3 is 0 Å². The molecule has 0 aliphatic rings. The molecule has 0 saturated carbocycles. The van der Waals surface area contributed by atoms with E-state index in [1.54, 1.807) is 0 Å². The molecule has 0 atom stereocenters. The minimum Gasteiger partial charge on any atom is -0.507 e. The van der Waals surface area contributed by atoms with E-state index in [0.29, 0.717) is 37.4 Å². The van der Waals surface area contributed by atoms with E-state index in [-0.39, 0.29) is 33.5 Å². The lowest BCUT2D eigenvalue weighted by Crippen LogP contribution is -2.25. The monoisotopic (exact) mass is 693 g/mol. The highest BCUT2D eigenvalue weighted by atomic mass is 16.3. The third kappa shape index (κ3) is 14.3. The number of nitrogens with one attached hydrogen (secondary N) is 2. The summed E-state index contributed by atoms with van der Waals surface area (Å²) < 4.78 is 0. The van der Waals surface area contributed by atoms with E-state index in [0.717, 1.165) is 86.5 Å². The van der Waals surface area contributed by atoms with Crippen LogP contribution in [-0.2, 0) is 44.1 Å². The Bertz CT molecular complexity index is 1220. The maximum absolute atomic E-state index is 12.4. The molecule has 0 unspecified atom stereocenters. The average molecular weight is 693 g/mol. The number of aromatic hydroxyl groups is 2. The third-order valence-corrected chi connectivity index (χ3v) is 9.56. The summed E-state index contributed by atoms with van der Waals surface area (Å²) in [5, 5.41) is 28.0. The van der Waals surface area contributed by atoms with Crippen LogP contribution in [0, 0.1) is 0 Å². The Labute approximate surface area is 305 Å². The van der Waals surface area contributed by atoms with Crippen molar-refractivity contribution in [3.63, 3.8) is 0 Å². The topological polar surface area (TPSA) is 98.7 Å². The first-order valence-electron chi connectivity index (χ1n) is 19.3. The number of aryl methyl sites for hydroxylation is 2. The molecule has 0 heterocycles. The maximum Gasteiger partial charge on any atom is 0.219 e. The molecule has 4 N–H and O–H groups in total. The van der Waals surface area contributed by atoms with Gasteiger partial charge in [-0.1, -0.05) is 120 Å². The van der Waals surface area contributed by atoms with Gasteiger partial charge in [-0.3, -0.25) is 9.59 Å². The number of rotatable bonds is 17. The Hall–Kier alpha value is -3.02. The van der Waals surface area contributed by atoms with Gasteiger partial charge in [-0.05, 0) is 106 Å². The molecule has 6 nitrogen and oxygen atoms in total. The molecule has 2 rings (SSSR count). The van der Waals surface area contributed by atoms with E-state index in [4.69, 9.17) is 0 Å². The summed E-state index contributed by atoms with van der Waals surface area (Å²) in [4.78, 5) is 24.8. The lowest BCUT2D eigenvalue weighted by molar-refractivity contribution is -0.122. The number of hydrogen-bond acceptors (Lipinski definition) is 4. The fraction of sp³-hybridized carbons (Fsp3) is 0.682. The van der Waals surface area contributed by atoms with Gasteiger partial charge < -0.3 is 20.8 Å². The minimum atomic E-state index is -0.139. The molecule has 6 heteroatoms. The van der Waals surface area contributed by atoms with E-state index in [1.807, 2.05) is 0 Å². The van der Waals surface area contributed by atoms with Gasteiger partial charge in [-0.2, -0.15) is 0 Å². The van der Waals surface area contributed by atoms with Crippen LogP contribution in [0.2, 0.25) is 0 Å². The minimum absolute atomic E-state index is 0.114. The molecule has 0 spiro atoms. The van der Waals surface area contributed by atoms with Crippen molar-refractivity contribution in [2.24, 2.45) is 0 Å². The van der Waals surface area contributed by atoms with Crippen molar-refractivity contribution >= 4 is 11.8 Å². The fourth-order valence-electron chi connectivity index (χ4n) is 6.43. The summed E-state index contributed by atoms with van der Waals surface area (Å²) in [6.45, 7) is 27.0. The SMILES string of the molecule is CC(C)(C)c1cc(CCCCC(=O)NCCCCCCNC(=O)CCCCc2cc(C(C)(C)C)c(O)c(C(C)(C)C)c2)cc(C(C)(C)C)c1O. The molecule has 0 aliphatic carbocycles. The molecule has 50 heavy (non-hydrogen) atoms. The zero-order valence-corrected chi connectivity index (χ0v) is 33.9. The normalized spacial score (nSPS) is 12.6. The van der Waals surface area contributed by atoms with Crippen LogP contribution in [0.3, 0.4) is 0 Å². The molecular weight excluding hydrogens is 620 g/mol. The molecule has 0 aromatic heterocycles. The number of hydrogen-bond donors (Lipinski definition) is 4. The summed E-state index contributed by atoms with van der Waals surface area (Å²) in [5.74, 6) is 1.06. The van der Waals surface area contributed by atoms with E-state index in [2.05, 4.69) is 118 Å². The lowest BCUT2D eigenvalue weighted by Gasteiger charge is -2.28. The van der Waals surface area contributed by atoms with Gasteiger partial charge in [0.1, 0.15) is 11.5 Å². The summed E-state index contributed by atoms with van der Waals surface area (Å²) in [6.07, 6.45) is 10.4. The van der Waals surface area contributed by atoms with Gasteiger partial charge in [0.25, 0.3) is 0 Å². The third-order valence-electron chi connectivity index (χ3n) is 9.56. The van der Waals surface area contributed by atoms with Gasteiger partial charge in [0.15, 0.2) is 0 Å². The van der Waals surface area contributed by atoms with Crippen molar-refractivity contribution < 1.29 is 19.8 Å². The van der Waals surface area contributed by atoms with Crippen LogP contribution in [-0.4, -0.2) is 35.1 Å². The second kappa shape index (κ2) is 18.5. The Morgan fingerprint density at radius 3 is 1.00 bits per heavy atom. The van der Waals surface area contributed by atoms with Crippen LogP contribution in [0.1, 0.15) is 181 Å². The highest BCUT2D eigenvalue weighted by Crippen LogP contribution is 2.41. The van der Waals surface area contributed by atoms with Crippen LogP contribution in [0.25, 0.3) is 0 Å². The summed E-state index contributed by atoms with van der Waals surface area (Å²) in [5.41, 5.74) is 5.85. The highest BCUT2D eigenvalue weighted by molar-refractivity contribution is 5.76. The first-order valence-corrected chi connectivity index (χ1v) is 19.3. The van der Waals surface area contributed by atoms with Crippen LogP contribution in [0.4, 0.5) is 0 Å². The van der Waals surface area contributed by atoms with Crippen molar-refractivity contribution in [2.75, 3.05) is 13.1 Å². The molecule has 0 saturated heterocycles. The Morgan fingerprint density at radius 1 is 0.460 bits per heavy atom. The van der Waals surface area contributed by atoms with Crippen LogP contribution in [0.15, 0.2) is 24.3 Å². The van der Waals surface area contributed by atoms with Crippen molar-refractivity contribution in [2.45, 2.75) is 182 Å². The predicted molar refractivity (Wildman–Crippen MR) is 211 cm³/mol. The fourth-order valence-corrected chi connectivity index (χ4v) is 6.43. The molecule has 0 bridgehead atoms. The molecular formula is C44H72N2O4. The summed E-state index contributed by atoms with van der Waals surface area (Å²) in [6, 6.07) is 8.56. The number of amides is 2. The second-order valence-electron chi connectivity index (χ2n) is 18.6. The van der Waals surface area contributed by atoms with Crippen LogP contribution < -0.4 is 10.6 Å². The number of carbonyl (C=O) groups excluding carboxylic acids is 2. The Kier molecular flexibility index (Phi) is 15.9. The average Bonchev–Trinajstić information content (AvgIpc) is 2.97. The first kappa shape index (κ1) is 43.1. The molecule has 0 fully saturated rings. The molecule has 2 amide bonds. The van der Waals surface area contributed by atoms with Gasteiger partial charge in [0, 0.05) is 25.9 Å². The maximum atomic E-state index is 12.4. The van der Waals surface area contributed by atoms with Crippen molar-refractivity contribution in [3.05, 3.63) is 57.6 Å². The lowest BCUT2D eigenvalue weighted by atomic mass is 9.78. The van der Waals surface area contributed by atoms with Gasteiger partial charge in [0.05, 0.1) is 0 Å². The van der Waals surface area contributed by atoms with E-state index < -0.39 is 0 Å². The van der Waals surface area contributed by atoms with Gasteiger partial charge in [0.2, 0.25) is 11.8 Å².